The third-order valence-electron chi connectivity index (χ3n) is 2.40. The second-order valence-corrected chi connectivity index (χ2v) is 5.09. The van der Waals surface area contributed by atoms with Crippen LogP contribution >= 0.6 is 27.5 Å². The lowest BCUT2D eigenvalue weighted by atomic mass is 10.2. The van der Waals surface area contributed by atoms with Crippen LogP contribution in [0.25, 0.3) is 0 Å². The van der Waals surface area contributed by atoms with Gasteiger partial charge < -0.3 is 10.1 Å². The lowest BCUT2D eigenvalue weighted by molar-refractivity contribution is 0.416. The smallest absolute Gasteiger partial charge is 0.256 e. The minimum Gasteiger partial charge on any atom is -0.435 e. The van der Waals surface area contributed by atoms with Gasteiger partial charge in [-0.05, 0) is 47.2 Å². The molecule has 0 unspecified atom stereocenters. The largest absolute Gasteiger partial charge is 0.435 e. The number of rotatable bonds is 4. The molecule has 0 atom stereocenters. The number of benzene rings is 1. The van der Waals surface area contributed by atoms with Crippen molar-refractivity contribution in [3.05, 3.63) is 51.3 Å². The highest BCUT2D eigenvalue weighted by Crippen LogP contribution is 2.32. The van der Waals surface area contributed by atoms with E-state index in [0.717, 1.165) is 0 Å². The van der Waals surface area contributed by atoms with Gasteiger partial charge >= 0.3 is 0 Å². The van der Waals surface area contributed by atoms with Crippen LogP contribution in [0.1, 0.15) is 5.56 Å². The van der Waals surface area contributed by atoms with Gasteiger partial charge in [0.25, 0.3) is 5.88 Å². The van der Waals surface area contributed by atoms with Crippen LogP contribution in [-0.4, -0.2) is 12.0 Å². The summed E-state index contributed by atoms with van der Waals surface area (Å²) in [5, 5.41) is 3.45. The number of halogens is 3. The molecule has 0 saturated carbocycles. The molecule has 1 aromatic carbocycles. The number of nitrogens with one attached hydrogen (secondary N) is 1. The van der Waals surface area contributed by atoms with Gasteiger partial charge in [0.2, 0.25) is 0 Å². The van der Waals surface area contributed by atoms with E-state index in [4.69, 9.17) is 16.3 Å². The molecule has 0 bridgehead atoms. The molecule has 0 spiro atoms. The molecule has 0 saturated heterocycles. The van der Waals surface area contributed by atoms with E-state index in [2.05, 4.69) is 26.2 Å². The van der Waals surface area contributed by atoms with Crippen molar-refractivity contribution in [1.82, 2.24) is 10.3 Å². The van der Waals surface area contributed by atoms with Crippen molar-refractivity contribution in [3.8, 4) is 11.6 Å². The molecule has 0 fully saturated rings. The number of aromatic nitrogens is 1. The highest BCUT2D eigenvalue weighted by atomic mass is 79.9. The molecule has 6 heteroatoms. The Hall–Kier alpha value is -1.17. The number of pyridine rings is 1. The van der Waals surface area contributed by atoms with Crippen LogP contribution < -0.4 is 10.1 Å². The van der Waals surface area contributed by atoms with E-state index in [1.165, 1.54) is 6.20 Å². The topological polar surface area (TPSA) is 34.2 Å². The Kier molecular flexibility index (Phi) is 4.74. The molecule has 1 aromatic heterocycles. The van der Waals surface area contributed by atoms with Crippen molar-refractivity contribution in [2.75, 3.05) is 7.05 Å². The summed E-state index contributed by atoms with van der Waals surface area (Å²) in [6, 6.07) is 6.59. The van der Waals surface area contributed by atoms with E-state index in [1.807, 2.05) is 0 Å². The summed E-state index contributed by atoms with van der Waals surface area (Å²) in [5.41, 5.74) is 0.498. The molecule has 100 valence electrons. The van der Waals surface area contributed by atoms with Crippen molar-refractivity contribution in [3.63, 3.8) is 0 Å². The van der Waals surface area contributed by atoms with Crippen molar-refractivity contribution in [1.29, 1.82) is 0 Å². The van der Waals surface area contributed by atoms with Gasteiger partial charge in [-0.1, -0.05) is 11.6 Å². The average molecular weight is 346 g/mol. The van der Waals surface area contributed by atoms with Crippen LogP contribution in [0.2, 0.25) is 5.02 Å². The monoisotopic (exact) mass is 344 g/mol. The van der Waals surface area contributed by atoms with Gasteiger partial charge in [0, 0.05) is 23.3 Å². The molecule has 1 heterocycles. The Bertz CT molecular complexity index is 595. The van der Waals surface area contributed by atoms with E-state index in [0.29, 0.717) is 27.4 Å². The molecular formula is C13H11BrClFN2O. The van der Waals surface area contributed by atoms with Crippen LogP contribution in [0.4, 0.5) is 4.39 Å². The van der Waals surface area contributed by atoms with Crippen LogP contribution in [-0.2, 0) is 6.54 Å². The Balaban J connectivity index is 2.30. The summed E-state index contributed by atoms with van der Waals surface area (Å²) in [5.74, 6) is -0.0770. The van der Waals surface area contributed by atoms with Gasteiger partial charge in [-0.2, -0.15) is 0 Å². The molecule has 2 aromatic rings. The number of hydrogen-bond donors (Lipinski definition) is 1. The Morgan fingerprint density at radius 1 is 1.42 bits per heavy atom. The molecule has 3 nitrogen and oxygen atoms in total. The lowest BCUT2D eigenvalue weighted by Crippen LogP contribution is -2.08. The summed E-state index contributed by atoms with van der Waals surface area (Å²) in [7, 11) is 1.75. The first kappa shape index (κ1) is 14.2. The summed E-state index contributed by atoms with van der Waals surface area (Å²) < 4.78 is 20.2. The molecule has 19 heavy (non-hydrogen) atoms. The third kappa shape index (κ3) is 3.43. The normalized spacial score (nSPS) is 10.5. The van der Waals surface area contributed by atoms with Crippen LogP contribution in [0, 0.1) is 5.82 Å². The van der Waals surface area contributed by atoms with E-state index >= 15 is 0 Å². The van der Waals surface area contributed by atoms with Gasteiger partial charge in [-0.3, -0.25) is 0 Å². The minimum absolute atomic E-state index is 0.0595. The Morgan fingerprint density at radius 2 is 2.21 bits per heavy atom. The predicted molar refractivity (Wildman–Crippen MR) is 76.2 cm³/mol. The van der Waals surface area contributed by atoms with E-state index in [-0.39, 0.29) is 5.88 Å². The van der Waals surface area contributed by atoms with Crippen molar-refractivity contribution >= 4 is 27.5 Å². The van der Waals surface area contributed by atoms with Gasteiger partial charge in [0.05, 0.1) is 4.47 Å². The highest BCUT2D eigenvalue weighted by Gasteiger charge is 2.12. The summed E-state index contributed by atoms with van der Waals surface area (Å²) in [6.07, 6.45) is 1.51. The maximum Gasteiger partial charge on any atom is 0.256 e. The lowest BCUT2D eigenvalue weighted by Gasteiger charge is -2.10. The fourth-order valence-corrected chi connectivity index (χ4v) is 2.29. The fraction of sp³-hybridized carbons (Fsp3) is 0.154. The highest BCUT2D eigenvalue weighted by molar-refractivity contribution is 9.10. The maximum absolute atomic E-state index is 14.1. The summed E-state index contributed by atoms with van der Waals surface area (Å²) in [6.45, 7) is 0.409. The first-order valence-electron chi connectivity index (χ1n) is 5.52. The van der Waals surface area contributed by atoms with Gasteiger partial charge in [0.1, 0.15) is 5.75 Å². The first-order chi connectivity index (χ1) is 9.11. The van der Waals surface area contributed by atoms with Gasteiger partial charge in [-0.25, -0.2) is 9.37 Å². The number of nitrogens with zero attached hydrogens (tertiary/aromatic N) is 1. The average Bonchev–Trinajstić information content (AvgIpc) is 2.37. The van der Waals surface area contributed by atoms with E-state index in [1.54, 1.807) is 31.3 Å². The SMILES string of the molecule is CNCc1ccnc(Oc2ccc(Cl)cc2Br)c1F. The third-order valence-corrected chi connectivity index (χ3v) is 3.26. The molecule has 0 aliphatic heterocycles. The number of ether oxygens (including phenoxy) is 1. The second kappa shape index (κ2) is 6.32. The molecule has 1 N–H and O–H groups in total. The fourth-order valence-electron chi connectivity index (χ4n) is 1.52. The van der Waals surface area contributed by atoms with Gasteiger partial charge in [-0.15, -0.1) is 0 Å². The summed E-state index contributed by atoms with van der Waals surface area (Å²) in [4.78, 5) is 3.90. The molecule has 0 aliphatic rings. The molecule has 0 aliphatic carbocycles. The van der Waals surface area contributed by atoms with Crippen molar-refractivity contribution in [2.24, 2.45) is 0 Å². The number of hydrogen-bond acceptors (Lipinski definition) is 3. The Labute approximate surface area is 123 Å². The first-order valence-corrected chi connectivity index (χ1v) is 6.70. The van der Waals surface area contributed by atoms with E-state index < -0.39 is 5.82 Å². The van der Waals surface area contributed by atoms with Gasteiger partial charge in [0.15, 0.2) is 5.82 Å². The molecular weight excluding hydrogens is 335 g/mol. The zero-order valence-electron chi connectivity index (χ0n) is 10.1. The minimum atomic E-state index is -0.473. The van der Waals surface area contributed by atoms with Crippen LogP contribution in [0.3, 0.4) is 0 Å². The molecule has 0 amide bonds. The zero-order chi connectivity index (χ0) is 13.8. The standard InChI is InChI=1S/C13H11BrClFN2O/c1-17-7-8-4-5-18-13(12(8)16)19-11-3-2-9(15)6-10(11)14/h2-6,17H,7H2,1H3. The van der Waals surface area contributed by atoms with Crippen molar-refractivity contribution in [2.45, 2.75) is 6.54 Å². The molecule has 0 radical (unpaired) electrons. The molecule has 2 rings (SSSR count). The Morgan fingerprint density at radius 3 is 2.89 bits per heavy atom. The zero-order valence-corrected chi connectivity index (χ0v) is 12.4. The predicted octanol–water partition coefficient (Wildman–Crippen LogP) is 4.15. The summed E-state index contributed by atoms with van der Waals surface area (Å²) >= 11 is 9.14. The quantitative estimate of drug-likeness (QED) is 0.904. The second-order valence-electron chi connectivity index (χ2n) is 3.80. The maximum atomic E-state index is 14.1. The van der Waals surface area contributed by atoms with E-state index in [9.17, 15) is 4.39 Å². The van der Waals surface area contributed by atoms with Crippen LogP contribution in [0.5, 0.6) is 11.6 Å². The van der Waals surface area contributed by atoms with Crippen molar-refractivity contribution < 1.29 is 9.13 Å². The van der Waals surface area contributed by atoms with Crippen LogP contribution in [0.15, 0.2) is 34.9 Å².